The highest BCUT2D eigenvalue weighted by Crippen LogP contribution is 2.42. The van der Waals surface area contributed by atoms with Gasteiger partial charge in [0.15, 0.2) is 0 Å². The van der Waals surface area contributed by atoms with Crippen LogP contribution in [0.5, 0.6) is 0 Å². The second-order valence-electron chi connectivity index (χ2n) is 7.17. The predicted molar refractivity (Wildman–Crippen MR) is 87.5 cm³/mol. The van der Waals surface area contributed by atoms with Crippen molar-refractivity contribution >= 4 is 5.97 Å². The van der Waals surface area contributed by atoms with Crippen molar-refractivity contribution in [3.05, 3.63) is 34.9 Å². The third-order valence-electron chi connectivity index (χ3n) is 4.66. The van der Waals surface area contributed by atoms with Gasteiger partial charge in [-0.3, -0.25) is 0 Å². The van der Waals surface area contributed by atoms with E-state index in [1.54, 1.807) is 0 Å². The van der Waals surface area contributed by atoms with Gasteiger partial charge in [0.1, 0.15) is 0 Å². The van der Waals surface area contributed by atoms with E-state index in [-0.39, 0.29) is 5.60 Å². The number of ether oxygens (including phenoxy) is 1. The largest absolute Gasteiger partial charge is 0.490 e. The molecule has 3 rings (SSSR count). The van der Waals surface area contributed by atoms with E-state index in [0.717, 1.165) is 26.1 Å². The zero-order valence-corrected chi connectivity index (χ0v) is 14.6. The molecular formula is C18H24F3NO3. The van der Waals surface area contributed by atoms with Gasteiger partial charge in [0, 0.05) is 19.0 Å². The average molecular weight is 359 g/mol. The number of halogens is 3. The Hall–Kier alpha value is -1.60. The highest BCUT2D eigenvalue weighted by molar-refractivity contribution is 5.73. The molecule has 2 atom stereocenters. The molecule has 2 aliphatic rings. The lowest BCUT2D eigenvalue weighted by atomic mass is 9.79. The second kappa shape index (κ2) is 7.33. The number of benzene rings is 1. The fraction of sp³-hybridized carbons (Fsp3) is 0.611. The minimum absolute atomic E-state index is 0.00343. The molecule has 0 amide bonds. The van der Waals surface area contributed by atoms with Crippen molar-refractivity contribution in [2.75, 3.05) is 13.1 Å². The van der Waals surface area contributed by atoms with E-state index in [1.165, 1.54) is 16.7 Å². The van der Waals surface area contributed by atoms with E-state index in [9.17, 15) is 13.2 Å². The molecule has 7 heteroatoms. The van der Waals surface area contributed by atoms with Gasteiger partial charge >= 0.3 is 12.1 Å². The summed E-state index contributed by atoms with van der Waals surface area (Å²) in [6, 6.07) is 6.80. The standard InChI is InChI=1S/C16H23NO.C2HF3O2/c1-11(2)7-12-5-4-6-13-14(12)9-18-16(3)10-17-8-15(13)16;3-2(4,5)1(6)7/h4-6,11,15,17H,7-10H2,1-3H3;(H,6,7)/t15-,16-;/m0./s1. The zero-order chi connectivity index (χ0) is 18.8. The fourth-order valence-electron chi connectivity index (χ4n) is 3.42. The molecule has 2 N–H and O–H groups in total. The van der Waals surface area contributed by atoms with Crippen molar-refractivity contribution in [1.29, 1.82) is 0 Å². The van der Waals surface area contributed by atoms with E-state index in [0.29, 0.717) is 11.8 Å². The summed E-state index contributed by atoms with van der Waals surface area (Å²) in [7, 11) is 0. The third-order valence-corrected chi connectivity index (χ3v) is 4.66. The van der Waals surface area contributed by atoms with Crippen LogP contribution in [0.25, 0.3) is 0 Å². The van der Waals surface area contributed by atoms with E-state index in [2.05, 4.69) is 44.3 Å². The molecule has 0 spiro atoms. The minimum atomic E-state index is -5.08. The maximum absolute atomic E-state index is 10.6. The number of hydrogen-bond acceptors (Lipinski definition) is 3. The topological polar surface area (TPSA) is 58.6 Å². The maximum atomic E-state index is 10.6. The van der Waals surface area contributed by atoms with Gasteiger partial charge in [-0.05, 0) is 36.0 Å². The number of carboxylic acid groups (broad SMARTS) is 1. The molecule has 1 fully saturated rings. The summed E-state index contributed by atoms with van der Waals surface area (Å²) in [6.45, 7) is 9.62. The van der Waals surface area contributed by atoms with Crippen molar-refractivity contribution in [1.82, 2.24) is 5.32 Å². The number of hydrogen-bond donors (Lipinski definition) is 2. The van der Waals surface area contributed by atoms with Crippen LogP contribution in [-0.4, -0.2) is 35.9 Å². The van der Waals surface area contributed by atoms with E-state index in [4.69, 9.17) is 14.6 Å². The van der Waals surface area contributed by atoms with Crippen molar-refractivity contribution in [3.8, 4) is 0 Å². The monoisotopic (exact) mass is 359 g/mol. The Bertz CT molecular complexity index is 630. The first kappa shape index (κ1) is 19.7. The molecular weight excluding hydrogens is 335 g/mol. The number of nitrogens with one attached hydrogen (secondary N) is 1. The highest BCUT2D eigenvalue weighted by Gasteiger charge is 2.44. The number of fused-ring (bicyclic) bond motifs is 3. The van der Waals surface area contributed by atoms with Crippen molar-refractivity contribution in [2.45, 2.75) is 51.5 Å². The number of carboxylic acids is 1. The van der Waals surface area contributed by atoms with Crippen molar-refractivity contribution < 1.29 is 27.8 Å². The number of carbonyl (C=O) groups is 1. The number of rotatable bonds is 2. The lowest BCUT2D eigenvalue weighted by Crippen LogP contribution is -2.40. The van der Waals surface area contributed by atoms with Crippen LogP contribution in [0.1, 0.15) is 43.4 Å². The first-order chi connectivity index (χ1) is 11.5. The second-order valence-corrected chi connectivity index (χ2v) is 7.17. The number of aliphatic carboxylic acids is 1. The third kappa shape index (κ3) is 4.52. The Balaban J connectivity index is 0.000000277. The first-order valence-electron chi connectivity index (χ1n) is 8.30. The Morgan fingerprint density at radius 2 is 2.08 bits per heavy atom. The van der Waals surface area contributed by atoms with Gasteiger partial charge in [-0.2, -0.15) is 13.2 Å². The highest BCUT2D eigenvalue weighted by atomic mass is 19.4. The Kier molecular flexibility index (Phi) is 5.79. The molecule has 1 saturated heterocycles. The van der Waals surface area contributed by atoms with Crippen molar-refractivity contribution in [3.63, 3.8) is 0 Å². The summed E-state index contributed by atoms with van der Waals surface area (Å²) in [5, 5.41) is 10.6. The van der Waals surface area contributed by atoms with Gasteiger partial charge in [-0.15, -0.1) is 0 Å². The van der Waals surface area contributed by atoms with Crippen LogP contribution in [0, 0.1) is 5.92 Å². The van der Waals surface area contributed by atoms with E-state index >= 15 is 0 Å². The molecule has 2 aliphatic heterocycles. The molecule has 0 aliphatic carbocycles. The van der Waals surface area contributed by atoms with Crippen molar-refractivity contribution in [2.24, 2.45) is 5.92 Å². The van der Waals surface area contributed by atoms with Gasteiger partial charge in [0.25, 0.3) is 0 Å². The lowest BCUT2D eigenvalue weighted by Gasteiger charge is -2.38. The molecule has 140 valence electrons. The van der Waals surface area contributed by atoms with Gasteiger partial charge in [0.2, 0.25) is 0 Å². The molecule has 4 nitrogen and oxygen atoms in total. The number of alkyl halides is 3. The van der Waals surface area contributed by atoms with Crippen LogP contribution in [0.4, 0.5) is 13.2 Å². The smallest absolute Gasteiger partial charge is 0.475 e. The van der Waals surface area contributed by atoms with Crippen LogP contribution in [0.2, 0.25) is 0 Å². The van der Waals surface area contributed by atoms with Gasteiger partial charge < -0.3 is 15.2 Å². The van der Waals surface area contributed by atoms with Crippen LogP contribution in [0.15, 0.2) is 18.2 Å². The normalized spacial score (nSPS) is 25.0. The molecule has 0 saturated carbocycles. The van der Waals surface area contributed by atoms with E-state index in [1.807, 2.05) is 0 Å². The maximum Gasteiger partial charge on any atom is 0.490 e. The van der Waals surface area contributed by atoms with Crippen LogP contribution in [0.3, 0.4) is 0 Å². The van der Waals surface area contributed by atoms with Crippen LogP contribution >= 0.6 is 0 Å². The minimum Gasteiger partial charge on any atom is -0.475 e. The summed E-state index contributed by atoms with van der Waals surface area (Å²) in [5.74, 6) is -1.53. The predicted octanol–water partition coefficient (Wildman–Crippen LogP) is 3.49. The summed E-state index contributed by atoms with van der Waals surface area (Å²) < 4.78 is 37.9. The Labute approximate surface area is 145 Å². The zero-order valence-electron chi connectivity index (χ0n) is 14.6. The summed E-state index contributed by atoms with van der Waals surface area (Å²) >= 11 is 0. The molecule has 25 heavy (non-hydrogen) atoms. The van der Waals surface area contributed by atoms with Gasteiger partial charge in [-0.25, -0.2) is 4.79 Å². The summed E-state index contributed by atoms with van der Waals surface area (Å²) in [4.78, 5) is 8.90. The quantitative estimate of drug-likeness (QED) is 0.849. The van der Waals surface area contributed by atoms with Crippen LogP contribution < -0.4 is 5.32 Å². The molecule has 0 bridgehead atoms. The fourth-order valence-corrected chi connectivity index (χ4v) is 3.42. The average Bonchev–Trinajstić information content (AvgIpc) is 2.88. The van der Waals surface area contributed by atoms with Gasteiger partial charge in [0.05, 0.1) is 12.2 Å². The molecule has 2 heterocycles. The SMILES string of the molecule is CC(C)Cc1cccc2c1CO[C@@]1(C)CNC[C@@H]21.O=C(O)C(F)(F)F. The van der Waals surface area contributed by atoms with E-state index < -0.39 is 12.1 Å². The summed E-state index contributed by atoms with van der Waals surface area (Å²) in [6.07, 6.45) is -3.93. The molecule has 1 aromatic carbocycles. The lowest BCUT2D eigenvalue weighted by molar-refractivity contribution is -0.192. The van der Waals surface area contributed by atoms with Gasteiger partial charge in [-0.1, -0.05) is 32.0 Å². The summed E-state index contributed by atoms with van der Waals surface area (Å²) in [5.41, 5.74) is 4.46. The first-order valence-corrected chi connectivity index (χ1v) is 8.30. The molecule has 0 aromatic heterocycles. The molecule has 1 aromatic rings. The molecule has 0 unspecified atom stereocenters. The van der Waals surface area contributed by atoms with Crippen LogP contribution in [-0.2, 0) is 22.6 Å². The Morgan fingerprint density at radius 1 is 1.44 bits per heavy atom. The molecule has 0 radical (unpaired) electrons. The Morgan fingerprint density at radius 3 is 2.64 bits per heavy atom.